The van der Waals surface area contributed by atoms with Crippen LogP contribution in [0, 0.1) is 23.3 Å². The Kier molecular flexibility index (Phi) is 3.57. The molecule has 20 heavy (non-hydrogen) atoms. The normalized spacial score (nSPS) is 25.2. The predicted molar refractivity (Wildman–Crippen MR) is 86.5 cm³/mol. The second-order valence-electron chi connectivity index (χ2n) is 6.99. The van der Waals surface area contributed by atoms with Crippen LogP contribution in [0.2, 0.25) is 19.6 Å². The average Bonchev–Trinajstić information content (AvgIpc) is 2.97. The molecule has 0 saturated carbocycles. The quantitative estimate of drug-likeness (QED) is 0.631. The maximum atomic E-state index is 4.61. The predicted octanol–water partition coefficient (Wildman–Crippen LogP) is 1.97. The third-order valence-electron chi connectivity index (χ3n) is 4.04. The second-order valence-corrected chi connectivity index (χ2v) is 11.7. The Morgan fingerprint density at radius 2 is 1.90 bits per heavy atom. The molecule has 0 aliphatic carbocycles. The largest absolute Gasteiger partial charge is 0.356 e. The molecule has 2 atom stereocenters. The van der Waals surface area contributed by atoms with Crippen LogP contribution in [0.4, 0.5) is 5.82 Å². The van der Waals surface area contributed by atoms with E-state index in [4.69, 9.17) is 0 Å². The van der Waals surface area contributed by atoms with Crippen LogP contribution in [0.25, 0.3) is 0 Å². The van der Waals surface area contributed by atoms with Gasteiger partial charge in [-0.2, -0.15) is 0 Å². The molecule has 0 amide bonds. The highest BCUT2D eigenvalue weighted by Gasteiger charge is 2.36. The number of fused-ring (bicyclic) bond motifs is 1. The van der Waals surface area contributed by atoms with Gasteiger partial charge in [0, 0.05) is 37.9 Å². The lowest BCUT2D eigenvalue weighted by molar-refractivity contribution is 0.533. The van der Waals surface area contributed by atoms with Gasteiger partial charge in [0.25, 0.3) is 0 Å². The number of rotatable bonds is 1. The highest BCUT2D eigenvalue weighted by molar-refractivity contribution is 6.83. The molecular weight excluding hydrogens is 262 g/mol. The minimum absolute atomic E-state index is 0.808. The van der Waals surface area contributed by atoms with Crippen molar-refractivity contribution in [1.82, 2.24) is 10.3 Å². The van der Waals surface area contributed by atoms with Gasteiger partial charge in [0.15, 0.2) is 0 Å². The molecule has 106 valence electrons. The van der Waals surface area contributed by atoms with Crippen LogP contribution < -0.4 is 10.2 Å². The molecule has 1 N–H and O–H groups in total. The van der Waals surface area contributed by atoms with Gasteiger partial charge in [0.2, 0.25) is 0 Å². The molecule has 2 unspecified atom stereocenters. The van der Waals surface area contributed by atoms with E-state index >= 15 is 0 Å². The molecule has 4 heteroatoms. The third-order valence-corrected chi connectivity index (χ3v) is 4.92. The molecule has 2 fully saturated rings. The van der Waals surface area contributed by atoms with E-state index in [1.807, 2.05) is 6.20 Å². The fraction of sp³-hybridized carbons (Fsp3) is 0.562. The van der Waals surface area contributed by atoms with Crippen molar-refractivity contribution in [2.75, 3.05) is 31.1 Å². The van der Waals surface area contributed by atoms with Crippen molar-refractivity contribution in [3.05, 3.63) is 23.9 Å². The molecule has 2 aliphatic heterocycles. The van der Waals surface area contributed by atoms with Gasteiger partial charge in [-0.05, 0) is 24.0 Å². The maximum Gasteiger partial charge on any atom is 0.129 e. The number of hydrogen-bond acceptors (Lipinski definition) is 3. The SMILES string of the molecule is C[Si](C)(C)C#Cc1ccc(N2CC3CNCC3C2)nc1. The van der Waals surface area contributed by atoms with Crippen LogP contribution >= 0.6 is 0 Å². The van der Waals surface area contributed by atoms with Crippen molar-refractivity contribution in [3.8, 4) is 11.5 Å². The Labute approximate surface area is 122 Å². The van der Waals surface area contributed by atoms with E-state index in [0.717, 1.165) is 36.3 Å². The Bertz CT molecular complexity index is 524. The van der Waals surface area contributed by atoms with Gasteiger partial charge in [-0.15, -0.1) is 5.54 Å². The zero-order valence-electron chi connectivity index (χ0n) is 12.6. The lowest BCUT2D eigenvalue weighted by Crippen LogP contribution is -2.26. The molecule has 3 heterocycles. The van der Waals surface area contributed by atoms with E-state index in [9.17, 15) is 0 Å². The Morgan fingerprint density at radius 3 is 2.45 bits per heavy atom. The van der Waals surface area contributed by atoms with E-state index < -0.39 is 8.07 Å². The highest BCUT2D eigenvalue weighted by Crippen LogP contribution is 2.29. The average molecular weight is 285 g/mol. The smallest absolute Gasteiger partial charge is 0.129 e. The summed E-state index contributed by atoms with van der Waals surface area (Å²) in [6.45, 7) is 11.4. The van der Waals surface area contributed by atoms with E-state index in [2.05, 4.69) is 58.4 Å². The van der Waals surface area contributed by atoms with Crippen molar-refractivity contribution in [1.29, 1.82) is 0 Å². The molecular formula is C16H23N3Si. The number of hydrogen-bond donors (Lipinski definition) is 1. The summed E-state index contributed by atoms with van der Waals surface area (Å²) in [5.41, 5.74) is 4.43. The summed E-state index contributed by atoms with van der Waals surface area (Å²) in [6, 6.07) is 4.24. The monoisotopic (exact) mass is 285 g/mol. The Hall–Kier alpha value is -1.31. The molecule has 0 aromatic carbocycles. The van der Waals surface area contributed by atoms with Gasteiger partial charge in [0.05, 0.1) is 0 Å². The first-order valence-corrected chi connectivity index (χ1v) is 11.0. The molecule has 1 aromatic rings. The summed E-state index contributed by atoms with van der Waals surface area (Å²) < 4.78 is 0. The topological polar surface area (TPSA) is 28.2 Å². The van der Waals surface area contributed by atoms with Crippen molar-refractivity contribution in [3.63, 3.8) is 0 Å². The third kappa shape index (κ3) is 3.05. The maximum absolute atomic E-state index is 4.61. The van der Waals surface area contributed by atoms with Gasteiger partial charge in [-0.3, -0.25) is 0 Å². The fourth-order valence-corrected chi connectivity index (χ4v) is 3.47. The van der Waals surface area contributed by atoms with Gasteiger partial charge < -0.3 is 10.2 Å². The lowest BCUT2D eigenvalue weighted by Gasteiger charge is -2.18. The van der Waals surface area contributed by atoms with E-state index in [0.29, 0.717) is 0 Å². The lowest BCUT2D eigenvalue weighted by atomic mass is 10.0. The summed E-state index contributed by atoms with van der Waals surface area (Å²) in [7, 11) is -1.30. The minimum atomic E-state index is -1.30. The van der Waals surface area contributed by atoms with Crippen LogP contribution in [0.15, 0.2) is 18.3 Å². The van der Waals surface area contributed by atoms with Crippen molar-refractivity contribution in [2.24, 2.45) is 11.8 Å². The van der Waals surface area contributed by atoms with Crippen LogP contribution in [-0.4, -0.2) is 39.2 Å². The minimum Gasteiger partial charge on any atom is -0.356 e. The second kappa shape index (κ2) is 5.23. The molecule has 0 spiro atoms. The molecule has 1 aromatic heterocycles. The zero-order chi connectivity index (χ0) is 14.2. The number of nitrogens with one attached hydrogen (secondary N) is 1. The molecule has 2 aliphatic rings. The van der Waals surface area contributed by atoms with Crippen LogP contribution in [-0.2, 0) is 0 Å². The molecule has 2 saturated heterocycles. The number of nitrogens with zero attached hydrogens (tertiary/aromatic N) is 2. The van der Waals surface area contributed by atoms with Crippen molar-refractivity contribution < 1.29 is 0 Å². The first-order valence-electron chi connectivity index (χ1n) is 7.46. The van der Waals surface area contributed by atoms with Gasteiger partial charge >= 0.3 is 0 Å². The van der Waals surface area contributed by atoms with Gasteiger partial charge in [-0.1, -0.05) is 25.6 Å². The first-order chi connectivity index (χ1) is 9.51. The summed E-state index contributed by atoms with van der Waals surface area (Å²) in [4.78, 5) is 7.03. The molecule has 3 rings (SSSR count). The van der Waals surface area contributed by atoms with Gasteiger partial charge in [0.1, 0.15) is 13.9 Å². The van der Waals surface area contributed by atoms with Crippen LogP contribution in [0.5, 0.6) is 0 Å². The van der Waals surface area contributed by atoms with E-state index in [-0.39, 0.29) is 0 Å². The Balaban J connectivity index is 1.69. The summed E-state index contributed by atoms with van der Waals surface area (Å²) in [6.07, 6.45) is 1.93. The number of anilines is 1. The van der Waals surface area contributed by atoms with Crippen LogP contribution in [0.1, 0.15) is 5.56 Å². The molecule has 0 bridgehead atoms. The standard InChI is InChI=1S/C16H23N3Si/c1-20(2,3)7-6-13-4-5-16(18-8-13)19-11-14-9-17-10-15(14)12-19/h4-5,8,14-15,17H,9-12H2,1-3H3. The summed E-state index contributed by atoms with van der Waals surface area (Å²) in [5.74, 6) is 5.99. The number of pyridine rings is 1. The first kappa shape index (κ1) is 13.7. The number of aromatic nitrogens is 1. The molecule has 0 radical (unpaired) electrons. The van der Waals surface area contributed by atoms with Gasteiger partial charge in [-0.25, -0.2) is 4.98 Å². The summed E-state index contributed by atoms with van der Waals surface area (Å²) in [5, 5.41) is 3.47. The van der Waals surface area contributed by atoms with Crippen molar-refractivity contribution in [2.45, 2.75) is 19.6 Å². The Morgan fingerprint density at radius 1 is 1.20 bits per heavy atom. The molecule has 3 nitrogen and oxygen atoms in total. The summed E-state index contributed by atoms with van der Waals surface area (Å²) >= 11 is 0. The highest BCUT2D eigenvalue weighted by atomic mass is 28.3. The zero-order valence-corrected chi connectivity index (χ0v) is 13.6. The van der Waals surface area contributed by atoms with Crippen molar-refractivity contribution >= 4 is 13.9 Å². The van der Waals surface area contributed by atoms with E-state index in [1.165, 1.54) is 13.1 Å². The fourth-order valence-electron chi connectivity index (χ4n) is 2.95. The van der Waals surface area contributed by atoms with Crippen LogP contribution in [0.3, 0.4) is 0 Å². The van der Waals surface area contributed by atoms with E-state index in [1.54, 1.807) is 0 Å².